The average molecular weight is 623 g/mol. The largest absolute Gasteiger partial charge is 0.507 e. The van der Waals surface area contributed by atoms with Crippen LogP contribution in [0.4, 0.5) is 22.7 Å². The molecule has 0 aliphatic rings. The average Bonchev–Trinajstić information content (AvgIpc) is 2.82. The fourth-order valence-corrected chi connectivity index (χ4v) is 4.74. The van der Waals surface area contributed by atoms with Crippen molar-refractivity contribution in [3.05, 3.63) is 77.3 Å². The zero-order chi connectivity index (χ0) is 27.8. The molecular formula is C23H17ClN4Na2O8S2. The maximum absolute atomic E-state index is 12.5. The number of halogens is 1. The number of hydrogen-bond donors (Lipinski definition) is 5. The molecule has 1 amide bonds. The Morgan fingerprint density at radius 2 is 1.50 bits per heavy atom. The molecular weight excluding hydrogens is 606 g/mol. The summed E-state index contributed by atoms with van der Waals surface area (Å²) < 4.78 is 65.8. The van der Waals surface area contributed by atoms with Crippen molar-refractivity contribution in [2.24, 2.45) is 10.2 Å². The number of phenols is 1. The Balaban J connectivity index is 0.00000280. The first-order valence-electron chi connectivity index (χ1n) is 10.4. The predicted molar refractivity (Wildman–Crippen MR) is 151 cm³/mol. The minimum absolute atomic E-state index is 0. The quantitative estimate of drug-likeness (QED) is 0.0902. The molecule has 6 N–H and O–H groups in total. The van der Waals surface area contributed by atoms with Gasteiger partial charge in [-0.3, -0.25) is 13.9 Å². The summed E-state index contributed by atoms with van der Waals surface area (Å²) in [6.45, 7) is 0. The summed E-state index contributed by atoms with van der Waals surface area (Å²) in [4.78, 5) is 11.3. The third-order valence-corrected chi connectivity index (χ3v) is 7.22. The van der Waals surface area contributed by atoms with Crippen LogP contribution in [0.1, 0.15) is 10.4 Å². The molecule has 0 bridgehead atoms. The summed E-state index contributed by atoms with van der Waals surface area (Å²) >= 11 is 5.83. The Hall–Kier alpha value is -2.08. The van der Waals surface area contributed by atoms with Crippen LogP contribution in [0.5, 0.6) is 5.75 Å². The maximum Gasteiger partial charge on any atom is 0.296 e. The van der Waals surface area contributed by atoms with Gasteiger partial charge in [-0.1, -0.05) is 17.7 Å². The number of phenolic OH excluding ortho intramolecular Hbond substituents is 1. The Morgan fingerprint density at radius 3 is 2.10 bits per heavy atom. The zero-order valence-corrected chi connectivity index (χ0v) is 27.3. The van der Waals surface area contributed by atoms with Gasteiger partial charge in [-0.25, -0.2) is 0 Å². The molecule has 0 unspecified atom stereocenters. The number of benzene rings is 4. The van der Waals surface area contributed by atoms with Crippen LogP contribution in [0, 0.1) is 0 Å². The molecule has 40 heavy (non-hydrogen) atoms. The van der Waals surface area contributed by atoms with E-state index in [1.165, 1.54) is 42.5 Å². The molecule has 0 spiro atoms. The fourth-order valence-electron chi connectivity index (χ4n) is 3.47. The summed E-state index contributed by atoms with van der Waals surface area (Å²) in [6, 6.07) is 13.9. The number of nitrogens with zero attached hydrogens (tertiary/aromatic N) is 2. The first-order valence-corrected chi connectivity index (χ1v) is 13.6. The summed E-state index contributed by atoms with van der Waals surface area (Å²) in [6.07, 6.45) is 0. The van der Waals surface area contributed by atoms with E-state index in [1.54, 1.807) is 0 Å². The normalized spacial score (nSPS) is 11.6. The molecule has 0 fully saturated rings. The van der Waals surface area contributed by atoms with Gasteiger partial charge in [0.05, 0.1) is 16.0 Å². The third kappa shape index (κ3) is 7.80. The topological polar surface area (TPSA) is 209 Å². The number of rotatable bonds is 6. The molecule has 0 aromatic heterocycles. The number of nitrogens with one attached hydrogen (secondary N) is 1. The van der Waals surface area contributed by atoms with Crippen molar-refractivity contribution in [3.63, 3.8) is 0 Å². The van der Waals surface area contributed by atoms with Gasteiger partial charge < -0.3 is 16.2 Å². The second-order valence-corrected chi connectivity index (χ2v) is 11.1. The monoisotopic (exact) mass is 622 g/mol. The second-order valence-electron chi connectivity index (χ2n) is 7.84. The second kappa shape index (κ2) is 13.3. The van der Waals surface area contributed by atoms with Crippen molar-refractivity contribution in [2.75, 3.05) is 11.1 Å². The van der Waals surface area contributed by atoms with Gasteiger partial charge in [-0.05, 0) is 60.0 Å². The molecule has 4 aromatic rings. The Morgan fingerprint density at radius 1 is 0.850 bits per heavy atom. The van der Waals surface area contributed by atoms with E-state index in [0.29, 0.717) is 5.02 Å². The van der Waals surface area contributed by atoms with Crippen molar-refractivity contribution in [2.45, 2.75) is 9.79 Å². The standard InChI is InChI=1S/C23H17ClN4O8S2.2Na/c24-14-4-1-12(2-5-14)23(30)26-15-6-8-20(38(34,35)36)18(10-15)27-28-22-17(25)7-3-13-9-16(37(31,32)33)11-19(29)21(13)22;;/h1-11,29H,25H2,(H,26,30)(H,31,32,33)(H,34,35,36);;. The van der Waals surface area contributed by atoms with E-state index in [2.05, 4.69) is 15.5 Å². The number of nitrogens with two attached hydrogens (primary N) is 1. The van der Waals surface area contributed by atoms with Crippen LogP contribution in [0.25, 0.3) is 10.8 Å². The molecule has 0 saturated heterocycles. The van der Waals surface area contributed by atoms with Crippen LogP contribution in [0.2, 0.25) is 5.02 Å². The van der Waals surface area contributed by atoms with Crippen LogP contribution >= 0.6 is 11.6 Å². The molecule has 17 heteroatoms. The molecule has 4 aromatic carbocycles. The number of azo groups is 1. The van der Waals surface area contributed by atoms with Crippen LogP contribution in [0.15, 0.2) is 86.7 Å². The summed E-state index contributed by atoms with van der Waals surface area (Å²) in [5.41, 5.74) is 5.79. The number of fused-ring (bicyclic) bond motifs is 1. The van der Waals surface area contributed by atoms with E-state index < -0.39 is 41.7 Å². The number of anilines is 2. The first kappa shape index (κ1) is 34.1. The van der Waals surface area contributed by atoms with Crippen molar-refractivity contribution >= 4 is 130 Å². The molecule has 4 rings (SSSR count). The maximum atomic E-state index is 12.5. The molecule has 12 nitrogen and oxygen atoms in total. The van der Waals surface area contributed by atoms with E-state index in [4.69, 9.17) is 17.3 Å². The third-order valence-electron chi connectivity index (χ3n) is 5.23. The van der Waals surface area contributed by atoms with E-state index in [1.807, 2.05) is 0 Å². The zero-order valence-electron chi connectivity index (χ0n) is 20.9. The number of carbonyl (C=O) groups excluding carboxylic acids is 1. The fraction of sp³-hybridized carbons (Fsp3) is 0. The number of amides is 1. The minimum atomic E-state index is -4.78. The number of hydrogen-bond acceptors (Lipinski definition) is 9. The van der Waals surface area contributed by atoms with Crippen molar-refractivity contribution in [3.8, 4) is 5.75 Å². The Labute approximate surface area is 277 Å². The van der Waals surface area contributed by atoms with Crippen molar-refractivity contribution in [1.29, 1.82) is 0 Å². The van der Waals surface area contributed by atoms with Crippen LogP contribution in [0.3, 0.4) is 0 Å². The summed E-state index contributed by atoms with van der Waals surface area (Å²) in [5, 5.41) is 21.3. The van der Waals surface area contributed by atoms with Gasteiger partial charge in [0.2, 0.25) is 0 Å². The van der Waals surface area contributed by atoms with E-state index in [0.717, 1.165) is 24.3 Å². The predicted octanol–water partition coefficient (Wildman–Crippen LogP) is 4.18. The first-order chi connectivity index (χ1) is 17.7. The van der Waals surface area contributed by atoms with E-state index in [-0.39, 0.29) is 98.2 Å². The Kier molecular flexibility index (Phi) is 11.3. The number of nitrogen functional groups attached to an aromatic ring is 1. The molecule has 0 atom stereocenters. The van der Waals surface area contributed by atoms with Gasteiger partial charge in [-0.15, -0.1) is 10.2 Å². The molecule has 0 aliphatic carbocycles. The molecule has 0 heterocycles. The molecule has 2 radical (unpaired) electrons. The van der Waals surface area contributed by atoms with Crippen LogP contribution < -0.4 is 11.1 Å². The van der Waals surface area contributed by atoms with Gasteiger partial charge in [0.25, 0.3) is 26.1 Å². The Bertz CT molecular complexity index is 1850. The molecule has 0 aliphatic heterocycles. The minimum Gasteiger partial charge on any atom is -0.507 e. The summed E-state index contributed by atoms with van der Waals surface area (Å²) in [5.74, 6) is -1.14. The van der Waals surface area contributed by atoms with Crippen LogP contribution in [-0.4, -0.2) is 96.1 Å². The number of carbonyl (C=O) groups is 1. The molecule has 0 saturated carbocycles. The summed E-state index contributed by atoms with van der Waals surface area (Å²) in [7, 11) is -9.41. The van der Waals surface area contributed by atoms with Crippen LogP contribution in [-0.2, 0) is 20.2 Å². The van der Waals surface area contributed by atoms with Gasteiger partial charge >= 0.3 is 0 Å². The van der Waals surface area contributed by atoms with Gasteiger partial charge in [-0.2, -0.15) is 16.8 Å². The van der Waals surface area contributed by atoms with E-state index >= 15 is 0 Å². The van der Waals surface area contributed by atoms with Gasteiger partial charge in [0.15, 0.2) is 0 Å². The SMILES string of the molecule is Nc1ccc2cc(S(=O)(=O)O)cc(O)c2c1N=Nc1cc(NC(=O)c2ccc(Cl)cc2)ccc1S(=O)(=O)O.[Na].[Na]. The smallest absolute Gasteiger partial charge is 0.296 e. The van der Waals surface area contributed by atoms with Gasteiger partial charge in [0, 0.05) is 81.5 Å². The molecule has 198 valence electrons. The van der Waals surface area contributed by atoms with Crippen molar-refractivity contribution in [1.82, 2.24) is 0 Å². The van der Waals surface area contributed by atoms with Crippen molar-refractivity contribution < 1.29 is 35.8 Å². The van der Waals surface area contributed by atoms with E-state index in [9.17, 15) is 35.8 Å². The number of aromatic hydroxyl groups is 1. The van der Waals surface area contributed by atoms with Gasteiger partial charge in [0.1, 0.15) is 22.0 Å².